The number of nitrogens with two attached hydrogens (primary N) is 1. The minimum Gasteiger partial charge on any atom is -0.382 e. The van der Waals surface area contributed by atoms with Gasteiger partial charge in [-0.3, -0.25) is 0 Å². The monoisotopic (exact) mass is 196 g/mol. The molecule has 0 radical (unpaired) electrons. The second-order valence-corrected chi connectivity index (χ2v) is 4.07. The minimum atomic E-state index is 0.303. The van der Waals surface area contributed by atoms with Crippen LogP contribution in [0.5, 0.6) is 0 Å². The molecule has 78 valence electrons. The number of anilines is 1. The molecule has 1 aliphatic carbocycles. The fourth-order valence-corrected chi connectivity index (χ4v) is 1.98. The van der Waals surface area contributed by atoms with Gasteiger partial charge in [-0.25, -0.2) is 5.43 Å². The maximum Gasteiger partial charge on any atom is 0.265 e. The van der Waals surface area contributed by atoms with E-state index in [-0.39, 0.29) is 0 Å². The Kier molecular flexibility index (Phi) is 2.56. The molecule has 1 aromatic rings. The number of nitrogens with zero attached hydrogens (tertiary/aromatic N) is 3. The maximum absolute atomic E-state index is 5.40. The Bertz CT molecular complexity index is 299. The van der Waals surface area contributed by atoms with Gasteiger partial charge in [-0.1, -0.05) is 24.6 Å². The molecule has 2 unspecified atom stereocenters. The van der Waals surface area contributed by atoms with E-state index in [0.29, 0.717) is 11.9 Å². The lowest BCUT2D eigenvalue weighted by molar-refractivity contribution is -0.699. The summed E-state index contributed by atoms with van der Waals surface area (Å²) < 4.78 is 4.73. The van der Waals surface area contributed by atoms with E-state index < -0.39 is 0 Å². The smallest absolute Gasteiger partial charge is 0.265 e. The van der Waals surface area contributed by atoms with E-state index in [1.807, 2.05) is 0 Å². The average Bonchev–Trinajstić information content (AvgIpc) is 2.51. The highest BCUT2D eigenvalue weighted by Gasteiger charge is 2.19. The van der Waals surface area contributed by atoms with Crippen molar-refractivity contribution < 1.29 is 9.31 Å². The molecular weight excluding hydrogens is 180 g/mol. The average molecular weight is 196 g/mol. The summed E-state index contributed by atoms with van der Waals surface area (Å²) in [5.41, 5.74) is 9.82. The molecule has 1 aromatic heterocycles. The van der Waals surface area contributed by atoms with Crippen LogP contribution in [-0.2, 0) is 0 Å². The van der Waals surface area contributed by atoms with Crippen molar-refractivity contribution in [3.8, 4) is 0 Å². The Hall–Kier alpha value is -1.26. The van der Waals surface area contributed by atoms with Gasteiger partial charge in [0.15, 0.2) is 0 Å². The van der Waals surface area contributed by atoms with Crippen LogP contribution in [0.25, 0.3) is 5.43 Å². The second-order valence-electron chi connectivity index (χ2n) is 4.07. The summed E-state index contributed by atoms with van der Waals surface area (Å²) in [5.74, 6) is 1.07. The standard InChI is InChI=1S/C9H16N4O/c1-7-3-2-4-8(5-7)11-13-6-9(10)14-12-13/h6-8H,2-5,10H2,1H3. The summed E-state index contributed by atoms with van der Waals surface area (Å²) in [4.78, 5) is 1.44. The zero-order chi connectivity index (χ0) is 9.97. The van der Waals surface area contributed by atoms with Crippen LogP contribution in [0.2, 0.25) is 0 Å². The molecule has 2 rings (SSSR count). The van der Waals surface area contributed by atoms with E-state index in [2.05, 4.69) is 17.6 Å². The van der Waals surface area contributed by atoms with Gasteiger partial charge in [0.1, 0.15) is 0 Å². The van der Waals surface area contributed by atoms with E-state index in [0.717, 1.165) is 18.8 Å². The van der Waals surface area contributed by atoms with Crippen molar-refractivity contribution in [2.75, 3.05) is 5.73 Å². The summed E-state index contributed by atoms with van der Waals surface area (Å²) in [6, 6.07) is 0.369. The first-order valence-electron chi connectivity index (χ1n) is 5.09. The van der Waals surface area contributed by atoms with Crippen molar-refractivity contribution in [1.82, 2.24) is 5.27 Å². The highest BCUT2D eigenvalue weighted by atomic mass is 16.5. The molecule has 0 bridgehead atoms. The number of hydrogen-bond acceptors (Lipinski definition) is 3. The third-order valence-corrected chi connectivity index (χ3v) is 2.66. The number of aromatic nitrogens is 2. The van der Waals surface area contributed by atoms with Crippen molar-refractivity contribution in [3.05, 3.63) is 11.6 Å². The van der Waals surface area contributed by atoms with Gasteiger partial charge >= 0.3 is 0 Å². The number of rotatable bonds is 2. The molecule has 1 heterocycles. The molecule has 0 saturated heterocycles. The first kappa shape index (κ1) is 9.30. The fraction of sp³-hybridized carbons (Fsp3) is 0.778. The molecule has 0 spiro atoms. The normalized spacial score (nSPS) is 27.5. The quantitative estimate of drug-likeness (QED) is 0.724. The van der Waals surface area contributed by atoms with Gasteiger partial charge in [0.05, 0.1) is 0 Å². The Labute approximate surface area is 83.2 Å². The van der Waals surface area contributed by atoms with Crippen molar-refractivity contribution in [2.24, 2.45) is 5.92 Å². The molecule has 5 nitrogen and oxygen atoms in total. The lowest BCUT2D eigenvalue weighted by Crippen LogP contribution is -2.36. The van der Waals surface area contributed by atoms with Crippen LogP contribution in [0.3, 0.4) is 0 Å². The van der Waals surface area contributed by atoms with Crippen molar-refractivity contribution in [1.29, 1.82) is 0 Å². The van der Waals surface area contributed by atoms with Gasteiger partial charge in [0, 0.05) is 6.04 Å². The molecule has 2 atom stereocenters. The van der Waals surface area contributed by atoms with Crippen LogP contribution in [0.1, 0.15) is 32.6 Å². The van der Waals surface area contributed by atoms with Crippen LogP contribution < -0.4 is 10.5 Å². The van der Waals surface area contributed by atoms with E-state index >= 15 is 0 Å². The summed E-state index contributed by atoms with van der Waals surface area (Å²) in [7, 11) is 0. The van der Waals surface area contributed by atoms with E-state index in [9.17, 15) is 0 Å². The zero-order valence-electron chi connectivity index (χ0n) is 8.39. The van der Waals surface area contributed by atoms with Gasteiger partial charge in [0.2, 0.25) is 0 Å². The predicted octanol–water partition coefficient (Wildman–Crippen LogP) is 1.26. The molecule has 14 heavy (non-hydrogen) atoms. The Morgan fingerprint density at radius 2 is 2.50 bits per heavy atom. The molecule has 2 N–H and O–H groups in total. The molecule has 0 aliphatic heterocycles. The van der Waals surface area contributed by atoms with Gasteiger partial charge in [-0.05, 0) is 24.0 Å². The third-order valence-electron chi connectivity index (χ3n) is 2.66. The fourth-order valence-electron chi connectivity index (χ4n) is 1.98. The van der Waals surface area contributed by atoms with Crippen molar-refractivity contribution >= 4 is 5.88 Å². The Morgan fingerprint density at radius 3 is 3.14 bits per heavy atom. The summed E-state index contributed by atoms with van der Waals surface area (Å²) in [5, 5.41) is 3.68. The molecule has 1 fully saturated rings. The maximum atomic E-state index is 5.40. The molecule has 0 amide bonds. The summed E-state index contributed by atoms with van der Waals surface area (Å²) in [6.45, 7) is 2.27. The lowest BCUT2D eigenvalue weighted by atomic mass is 9.87. The Balaban J connectivity index is 1.90. The summed E-state index contributed by atoms with van der Waals surface area (Å²) in [6.07, 6.45) is 6.45. The number of nitrogen functional groups attached to an aromatic ring is 1. The minimum absolute atomic E-state index is 0.303. The lowest BCUT2D eigenvalue weighted by Gasteiger charge is -2.26. The largest absolute Gasteiger partial charge is 0.382 e. The van der Waals surface area contributed by atoms with Crippen molar-refractivity contribution in [2.45, 2.75) is 38.6 Å². The van der Waals surface area contributed by atoms with Crippen LogP contribution >= 0.6 is 0 Å². The first-order valence-corrected chi connectivity index (χ1v) is 5.09. The van der Waals surface area contributed by atoms with E-state index in [1.165, 1.54) is 17.6 Å². The van der Waals surface area contributed by atoms with E-state index in [4.69, 9.17) is 10.3 Å². The summed E-state index contributed by atoms with van der Waals surface area (Å²) >= 11 is 0. The molecule has 5 heteroatoms. The van der Waals surface area contributed by atoms with Gasteiger partial charge in [-0.15, -0.1) is 0 Å². The molecule has 1 saturated carbocycles. The second kappa shape index (κ2) is 3.86. The predicted molar refractivity (Wildman–Crippen MR) is 51.3 cm³/mol. The SMILES string of the molecule is CC1CCCC([N-][n+]2cc(N)on2)C1. The van der Waals surface area contributed by atoms with Gasteiger partial charge < -0.3 is 10.3 Å². The number of hydrogen-bond donors (Lipinski definition) is 1. The third kappa shape index (κ3) is 2.16. The van der Waals surface area contributed by atoms with Gasteiger partial charge in [0.25, 0.3) is 12.1 Å². The highest BCUT2D eigenvalue weighted by molar-refractivity contribution is 5.11. The van der Waals surface area contributed by atoms with Crippen LogP contribution in [0.15, 0.2) is 10.7 Å². The molecule has 1 aliphatic rings. The molecule has 0 aromatic carbocycles. The first-order chi connectivity index (χ1) is 6.74. The van der Waals surface area contributed by atoms with Crippen LogP contribution in [0, 0.1) is 5.92 Å². The van der Waals surface area contributed by atoms with Gasteiger partial charge in [-0.2, -0.15) is 0 Å². The van der Waals surface area contributed by atoms with Crippen molar-refractivity contribution in [3.63, 3.8) is 0 Å². The molecular formula is C9H16N4O. The van der Waals surface area contributed by atoms with Crippen LogP contribution in [0.4, 0.5) is 5.88 Å². The zero-order valence-corrected chi connectivity index (χ0v) is 8.39. The highest BCUT2D eigenvalue weighted by Crippen LogP contribution is 2.26. The Morgan fingerprint density at radius 1 is 1.64 bits per heavy atom. The van der Waals surface area contributed by atoms with Crippen LogP contribution in [-0.4, -0.2) is 11.3 Å². The topological polar surface area (TPSA) is 70.0 Å². The van der Waals surface area contributed by atoms with E-state index in [1.54, 1.807) is 6.20 Å².